The number of hydrogen-bond donors (Lipinski definition) is 2. The summed E-state index contributed by atoms with van der Waals surface area (Å²) in [7, 11) is 5.07. The number of carboxylic acid groups (broad SMARTS) is 1. The van der Waals surface area contributed by atoms with Crippen molar-refractivity contribution in [2.24, 2.45) is 0 Å². The summed E-state index contributed by atoms with van der Waals surface area (Å²) in [5, 5.41) is 26.3. The molecule has 1 saturated heterocycles. The molecule has 0 aliphatic carbocycles. The molecule has 2 aromatic carbocycles. The van der Waals surface area contributed by atoms with Gasteiger partial charge in [0.2, 0.25) is 12.4 Å². The molecule has 1 aliphatic rings. The van der Waals surface area contributed by atoms with Gasteiger partial charge in [-0.2, -0.15) is 0 Å². The number of esters is 1. The molecule has 3 heterocycles. The Bertz CT molecular complexity index is 1730. The summed E-state index contributed by atoms with van der Waals surface area (Å²) in [6, 6.07) is 15.8. The van der Waals surface area contributed by atoms with E-state index in [0.29, 0.717) is 39.7 Å². The van der Waals surface area contributed by atoms with E-state index < -0.39 is 23.9 Å². The maximum atomic E-state index is 13.4. The first-order valence-electron chi connectivity index (χ1n) is 15.4. The molecule has 2 N–H and O–H groups in total. The monoisotopic (exact) mass is 713 g/mol. The Labute approximate surface area is 293 Å². The number of carbonyl (C=O) groups is 2. The lowest BCUT2D eigenvalue weighted by atomic mass is 9.85. The van der Waals surface area contributed by atoms with Crippen LogP contribution in [0.3, 0.4) is 0 Å². The van der Waals surface area contributed by atoms with Crippen LogP contribution in [-0.2, 0) is 22.5 Å². The predicted molar refractivity (Wildman–Crippen MR) is 180 cm³/mol. The van der Waals surface area contributed by atoms with Crippen LogP contribution in [0.5, 0.6) is 11.5 Å². The molecule has 254 valence electrons. The number of thiophene rings is 1. The molecular weight excluding hydrogens is 677 g/mol. The third-order valence-corrected chi connectivity index (χ3v) is 10.4. The highest BCUT2D eigenvalue weighted by Crippen LogP contribution is 2.41. The Balaban J connectivity index is 1.48. The van der Waals surface area contributed by atoms with Gasteiger partial charge in [0.15, 0.2) is 11.5 Å². The topological polar surface area (TPSA) is 124 Å². The van der Waals surface area contributed by atoms with Gasteiger partial charge in [-0.15, -0.1) is 11.3 Å². The summed E-state index contributed by atoms with van der Waals surface area (Å²) in [6.45, 7) is 1.45. The molecule has 4 aromatic rings. The number of likely N-dealkylation sites (tertiary alicyclic amines) is 1. The number of methoxy groups -OCH3 is 2. The van der Waals surface area contributed by atoms with Crippen LogP contribution >= 0.6 is 34.5 Å². The summed E-state index contributed by atoms with van der Waals surface area (Å²) in [5.74, 6) is -1.36. The minimum absolute atomic E-state index is 0.0232. The normalized spacial score (nSPS) is 16.0. The first-order valence-corrected chi connectivity index (χ1v) is 17.0. The quantitative estimate of drug-likeness (QED) is 0.108. The lowest BCUT2D eigenvalue weighted by Crippen LogP contribution is -2.34. The van der Waals surface area contributed by atoms with E-state index in [2.05, 4.69) is 10.2 Å². The highest BCUT2D eigenvalue weighted by molar-refractivity contribution is 7.14. The van der Waals surface area contributed by atoms with Crippen LogP contribution in [0, 0.1) is 0 Å². The van der Waals surface area contributed by atoms with Crippen molar-refractivity contribution < 1.29 is 38.8 Å². The molecule has 48 heavy (non-hydrogen) atoms. The van der Waals surface area contributed by atoms with Gasteiger partial charge in [0.1, 0.15) is 22.7 Å². The van der Waals surface area contributed by atoms with E-state index in [0.717, 1.165) is 41.0 Å². The second-order valence-corrected chi connectivity index (χ2v) is 13.6. The number of ether oxygens (including phenoxy) is 3. The number of carbonyl (C=O) groups excluding carboxylic acids is 2. The van der Waals surface area contributed by atoms with E-state index >= 15 is 0 Å². The molecule has 0 radical (unpaired) electrons. The SMILES string of the molecule is COc1ccc([C@H](Cc2c(Cl)c[n+](O)cc2Cl)c2cc(CNC(C(=O)OC[C@@H]3CCCN3C)c3ccccc3)sc2C(=O)[O-])cc1OC. The second-order valence-electron chi connectivity index (χ2n) is 11.6. The largest absolute Gasteiger partial charge is 0.544 e. The van der Waals surface area contributed by atoms with Crippen LogP contribution in [0.4, 0.5) is 0 Å². The lowest BCUT2D eigenvalue weighted by molar-refractivity contribution is -0.904. The molecule has 0 bridgehead atoms. The summed E-state index contributed by atoms with van der Waals surface area (Å²) >= 11 is 14.1. The smallest absolute Gasteiger partial charge is 0.327 e. The Hall–Kier alpha value is -3.87. The molecule has 0 spiro atoms. The third kappa shape index (κ3) is 8.22. The van der Waals surface area contributed by atoms with Gasteiger partial charge in [0, 0.05) is 33.7 Å². The maximum Gasteiger partial charge on any atom is 0.327 e. The van der Waals surface area contributed by atoms with E-state index in [1.807, 2.05) is 43.4 Å². The van der Waals surface area contributed by atoms with Crippen molar-refractivity contribution >= 4 is 46.5 Å². The zero-order chi connectivity index (χ0) is 34.4. The van der Waals surface area contributed by atoms with E-state index in [1.165, 1.54) is 26.6 Å². The fourth-order valence-corrected chi connectivity index (χ4v) is 7.63. The van der Waals surface area contributed by atoms with Crippen molar-refractivity contribution in [3.63, 3.8) is 0 Å². The summed E-state index contributed by atoms with van der Waals surface area (Å²) in [4.78, 5) is 28.9. The Morgan fingerprint density at radius 3 is 2.40 bits per heavy atom. The van der Waals surface area contributed by atoms with Gasteiger partial charge >= 0.3 is 5.97 Å². The molecule has 13 heteroatoms. The number of rotatable bonds is 14. The van der Waals surface area contributed by atoms with Gasteiger partial charge in [-0.05, 0) is 67.7 Å². The Morgan fingerprint density at radius 2 is 1.77 bits per heavy atom. The molecule has 1 fully saturated rings. The molecule has 2 aromatic heterocycles. The number of nitrogens with one attached hydrogen (secondary N) is 1. The van der Waals surface area contributed by atoms with Gasteiger partial charge in [0.05, 0.1) is 25.1 Å². The Kier molecular flexibility index (Phi) is 11.8. The highest BCUT2D eigenvalue weighted by atomic mass is 35.5. The summed E-state index contributed by atoms with van der Waals surface area (Å²) in [6.07, 6.45) is 4.84. The third-order valence-electron chi connectivity index (χ3n) is 8.60. The standard InChI is InChI=1S/C35H37Cl2N3O7S/c1-39-13-7-10-23(39)20-47-35(43)32(21-8-5-4-6-9-21)38-17-24-15-26(33(48-24)34(41)42)25(16-27-28(36)18-40(44)19-29(27)37)22-11-12-30(45-2)31(14-22)46-3/h4-6,8-9,11-12,14-15,18-19,23,25,32,38H,7,10,13,16-17,20H2,1-3H3,(H-,41,42,44)/t23-,25-,32?/m0/s1. The highest BCUT2D eigenvalue weighted by Gasteiger charge is 2.29. The zero-order valence-corrected chi connectivity index (χ0v) is 29.1. The van der Waals surface area contributed by atoms with Crippen molar-refractivity contribution in [1.82, 2.24) is 10.2 Å². The fraction of sp³-hybridized carbons (Fsp3) is 0.343. The number of aromatic carboxylic acids is 1. The first kappa shape index (κ1) is 35.4. The lowest BCUT2D eigenvalue weighted by Gasteiger charge is -2.22. The first-order chi connectivity index (χ1) is 23.1. The van der Waals surface area contributed by atoms with Crippen LogP contribution in [0.1, 0.15) is 61.6 Å². The van der Waals surface area contributed by atoms with Crippen LogP contribution in [0.25, 0.3) is 0 Å². The molecule has 0 amide bonds. The molecule has 5 rings (SSSR count). The molecule has 1 aliphatic heterocycles. The average Bonchev–Trinajstić information content (AvgIpc) is 3.69. The van der Waals surface area contributed by atoms with Gasteiger partial charge in [-0.25, -0.2) is 4.79 Å². The number of likely N-dealkylation sites (N-methyl/N-ethyl adjacent to an activating group) is 1. The molecular formula is C35H37Cl2N3O7S. The van der Waals surface area contributed by atoms with Gasteiger partial charge in [-0.3, -0.25) is 10.5 Å². The van der Waals surface area contributed by atoms with Gasteiger partial charge < -0.3 is 29.0 Å². The zero-order valence-electron chi connectivity index (χ0n) is 26.8. The van der Waals surface area contributed by atoms with Gasteiger partial charge in [-0.1, -0.05) is 59.6 Å². The van der Waals surface area contributed by atoms with Crippen molar-refractivity contribution in [2.45, 2.75) is 43.8 Å². The van der Waals surface area contributed by atoms with Crippen LogP contribution < -0.4 is 24.6 Å². The second kappa shape index (κ2) is 16.0. The molecule has 3 atom stereocenters. The van der Waals surface area contributed by atoms with Crippen molar-refractivity contribution in [2.75, 3.05) is 34.4 Å². The molecule has 10 nitrogen and oxygen atoms in total. The number of nitrogens with zero attached hydrogens (tertiary/aromatic N) is 2. The fourth-order valence-electron chi connectivity index (χ4n) is 6.02. The number of aromatic nitrogens is 1. The van der Waals surface area contributed by atoms with E-state index in [-0.39, 0.29) is 33.9 Å². The van der Waals surface area contributed by atoms with Crippen molar-refractivity contribution in [3.05, 3.63) is 109 Å². The van der Waals surface area contributed by atoms with Gasteiger partial charge in [0.25, 0.3) is 0 Å². The Morgan fingerprint density at radius 1 is 1.06 bits per heavy atom. The number of halogens is 2. The van der Waals surface area contributed by atoms with E-state index in [1.54, 1.807) is 18.2 Å². The van der Waals surface area contributed by atoms with Crippen LogP contribution in [0.15, 0.2) is 67.0 Å². The van der Waals surface area contributed by atoms with Crippen LogP contribution in [-0.4, -0.2) is 62.5 Å². The number of carboxylic acids is 1. The molecule has 1 unspecified atom stereocenters. The summed E-state index contributed by atoms with van der Waals surface area (Å²) < 4.78 is 17.5. The molecule has 0 saturated carbocycles. The number of hydrogen-bond acceptors (Lipinski definition) is 10. The summed E-state index contributed by atoms with van der Waals surface area (Å²) in [5.41, 5.74) is 2.43. The maximum absolute atomic E-state index is 13.4. The van der Waals surface area contributed by atoms with Crippen molar-refractivity contribution in [1.29, 1.82) is 0 Å². The minimum atomic E-state index is -1.34. The average molecular weight is 715 g/mol. The predicted octanol–water partition coefficient (Wildman–Crippen LogP) is 4.80. The van der Waals surface area contributed by atoms with Crippen LogP contribution in [0.2, 0.25) is 10.0 Å². The minimum Gasteiger partial charge on any atom is -0.544 e. The van der Waals surface area contributed by atoms with E-state index in [4.69, 9.17) is 37.4 Å². The van der Waals surface area contributed by atoms with E-state index in [9.17, 15) is 19.9 Å². The van der Waals surface area contributed by atoms with Crippen molar-refractivity contribution in [3.8, 4) is 11.5 Å². The number of benzene rings is 2. The number of pyridine rings is 1.